The van der Waals surface area contributed by atoms with Crippen molar-refractivity contribution in [2.24, 2.45) is 0 Å². The Morgan fingerprint density at radius 3 is 2.44 bits per heavy atom. The zero-order valence-corrected chi connectivity index (χ0v) is 10.7. The maximum absolute atomic E-state index is 10.4. The Morgan fingerprint density at radius 1 is 1.44 bits per heavy atom. The number of non-ortho nitro benzene ring substituents is 1. The lowest BCUT2D eigenvalue weighted by Gasteiger charge is -2.17. The van der Waals surface area contributed by atoms with Crippen LogP contribution in [0.2, 0.25) is 0 Å². The second-order valence-electron chi connectivity index (χ2n) is 3.03. The normalized spacial score (nSPS) is 14.1. The van der Waals surface area contributed by atoms with Gasteiger partial charge in [0.1, 0.15) is 5.75 Å². The van der Waals surface area contributed by atoms with Gasteiger partial charge in [-0.15, -0.1) is 0 Å². The molecule has 1 rings (SSSR count). The quantitative estimate of drug-likeness (QED) is 0.463. The Kier molecular flexibility index (Phi) is 4.41. The molecule has 1 atom stereocenters. The van der Waals surface area contributed by atoms with Gasteiger partial charge in [0.2, 0.25) is 6.49 Å². The average molecular weight is 261 g/mol. The van der Waals surface area contributed by atoms with E-state index in [4.69, 9.17) is 20.9 Å². The third-order valence-electron chi connectivity index (χ3n) is 1.68. The molecule has 1 aromatic carbocycles. The molecule has 0 aliphatic carbocycles. The van der Waals surface area contributed by atoms with Gasteiger partial charge in [0, 0.05) is 18.8 Å². The fourth-order valence-electron chi connectivity index (χ4n) is 1.08. The van der Waals surface area contributed by atoms with E-state index in [-0.39, 0.29) is 5.69 Å². The number of hydrogen-bond donors (Lipinski definition) is 0. The van der Waals surface area contributed by atoms with Crippen LogP contribution in [0.5, 0.6) is 5.75 Å². The van der Waals surface area contributed by atoms with Crippen LogP contribution in [-0.2, 0) is 16.3 Å². The first-order valence-electron chi connectivity index (χ1n) is 4.60. The van der Waals surface area contributed by atoms with Gasteiger partial charge in [-0.25, -0.2) is 0 Å². The van der Waals surface area contributed by atoms with E-state index in [2.05, 4.69) is 0 Å². The number of nitro benzene ring substituents is 1. The van der Waals surface area contributed by atoms with Crippen molar-refractivity contribution in [2.45, 2.75) is 6.92 Å². The van der Waals surface area contributed by atoms with Crippen molar-refractivity contribution in [1.82, 2.24) is 0 Å². The van der Waals surface area contributed by atoms with Crippen molar-refractivity contribution in [3.8, 4) is 5.75 Å². The minimum absolute atomic E-state index is 0.0214. The zero-order chi connectivity index (χ0) is 12.2. The molecule has 5 nitrogen and oxygen atoms in total. The van der Waals surface area contributed by atoms with Crippen LogP contribution in [0.4, 0.5) is 5.69 Å². The first-order valence-corrected chi connectivity index (χ1v) is 7.69. The molecule has 1 aromatic rings. The van der Waals surface area contributed by atoms with E-state index in [1.165, 1.54) is 24.3 Å². The number of nitro groups is 1. The van der Waals surface area contributed by atoms with E-state index in [1.54, 1.807) is 6.66 Å². The van der Waals surface area contributed by atoms with Gasteiger partial charge in [-0.05, 0) is 30.9 Å². The van der Waals surface area contributed by atoms with Crippen molar-refractivity contribution >= 4 is 24.0 Å². The summed E-state index contributed by atoms with van der Waals surface area (Å²) < 4.78 is 10.7. The summed E-state index contributed by atoms with van der Waals surface area (Å²) in [5, 5.41) is 10.4. The Balaban J connectivity index is 2.76. The molecule has 0 fully saturated rings. The SMILES string of the molecule is CCOP(C)(=S)Oc1ccc([N+](=O)[O-])cc1. The molecule has 0 aromatic heterocycles. The number of benzene rings is 1. The second kappa shape index (κ2) is 5.39. The first kappa shape index (κ1) is 13.1. The van der Waals surface area contributed by atoms with Gasteiger partial charge in [0.05, 0.1) is 11.5 Å². The minimum atomic E-state index is -2.29. The molecule has 0 saturated heterocycles. The van der Waals surface area contributed by atoms with Crippen LogP contribution in [0, 0.1) is 10.1 Å². The molecule has 88 valence electrons. The molecule has 0 spiro atoms. The van der Waals surface area contributed by atoms with Crippen LogP contribution < -0.4 is 4.52 Å². The summed E-state index contributed by atoms with van der Waals surface area (Å²) in [6.07, 6.45) is 0. The predicted octanol–water partition coefficient (Wildman–Crippen LogP) is 2.95. The summed E-state index contributed by atoms with van der Waals surface area (Å²) in [5.74, 6) is 0.491. The van der Waals surface area contributed by atoms with Crippen LogP contribution in [-0.4, -0.2) is 18.2 Å². The van der Waals surface area contributed by atoms with Crippen molar-refractivity contribution in [3.63, 3.8) is 0 Å². The van der Waals surface area contributed by atoms with E-state index in [9.17, 15) is 10.1 Å². The minimum Gasteiger partial charge on any atom is -0.444 e. The molecular formula is C9H12NO4PS. The average Bonchev–Trinajstić information content (AvgIpc) is 2.17. The largest absolute Gasteiger partial charge is 0.444 e. The summed E-state index contributed by atoms with van der Waals surface area (Å²) in [6.45, 7) is 1.75. The summed E-state index contributed by atoms with van der Waals surface area (Å²) in [6, 6.07) is 5.77. The van der Waals surface area contributed by atoms with Gasteiger partial charge in [-0.1, -0.05) is 0 Å². The number of rotatable bonds is 5. The van der Waals surface area contributed by atoms with E-state index in [0.29, 0.717) is 12.4 Å². The van der Waals surface area contributed by atoms with Crippen LogP contribution >= 0.6 is 6.49 Å². The number of nitrogens with zero attached hydrogens (tertiary/aromatic N) is 1. The highest BCUT2D eigenvalue weighted by atomic mass is 32.5. The fourth-order valence-corrected chi connectivity index (χ4v) is 2.68. The molecule has 0 aliphatic heterocycles. The Labute approximate surface area is 98.7 Å². The molecule has 1 unspecified atom stereocenters. The van der Waals surface area contributed by atoms with Crippen LogP contribution in [0.15, 0.2) is 24.3 Å². The van der Waals surface area contributed by atoms with E-state index < -0.39 is 11.4 Å². The highest BCUT2D eigenvalue weighted by Crippen LogP contribution is 2.44. The topological polar surface area (TPSA) is 61.6 Å². The van der Waals surface area contributed by atoms with Crippen molar-refractivity contribution in [3.05, 3.63) is 34.4 Å². The molecule has 0 radical (unpaired) electrons. The van der Waals surface area contributed by atoms with E-state index >= 15 is 0 Å². The standard InChI is InChI=1S/C9H12NO4PS/c1-3-13-15(2,16)14-9-6-4-8(5-7-9)10(11)12/h4-7H,3H2,1-2H3. The third kappa shape index (κ3) is 3.89. The van der Waals surface area contributed by atoms with Crippen LogP contribution in [0.1, 0.15) is 6.92 Å². The molecule has 0 saturated carbocycles. The van der Waals surface area contributed by atoms with Gasteiger partial charge in [0.25, 0.3) is 5.69 Å². The molecule has 7 heteroatoms. The first-order chi connectivity index (χ1) is 7.44. The lowest BCUT2D eigenvalue weighted by atomic mass is 10.3. The Hall–Kier alpha value is -0.970. The predicted molar refractivity (Wildman–Crippen MR) is 65.6 cm³/mol. The Bertz CT molecular complexity index is 420. The number of hydrogen-bond acceptors (Lipinski definition) is 5. The van der Waals surface area contributed by atoms with Gasteiger partial charge in [-0.2, -0.15) is 0 Å². The molecule has 0 N–H and O–H groups in total. The summed E-state index contributed by atoms with van der Waals surface area (Å²) in [7, 11) is 0. The molecule has 0 bridgehead atoms. The van der Waals surface area contributed by atoms with Crippen LogP contribution in [0.25, 0.3) is 0 Å². The lowest BCUT2D eigenvalue weighted by Crippen LogP contribution is -1.96. The molecule has 0 amide bonds. The molecule has 0 heterocycles. The Morgan fingerprint density at radius 2 is 2.00 bits per heavy atom. The van der Waals surface area contributed by atoms with Gasteiger partial charge >= 0.3 is 0 Å². The molecule has 16 heavy (non-hydrogen) atoms. The maximum atomic E-state index is 10.4. The smallest absolute Gasteiger partial charge is 0.269 e. The maximum Gasteiger partial charge on any atom is 0.269 e. The van der Waals surface area contributed by atoms with Crippen molar-refractivity contribution in [1.29, 1.82) is 0 Å². The second-order valence-corrected chi connectivity index (χ2v) is 7.00. The summed E-state index contributed by atoms with van der Waals surface area (Å²) in [5.41, 5.74) is 0.0214. The summed E-state index contributed by atoms with van der Waals surface area (Å²) >= 11 is 5.14. The molecular weight excluding hydrogens is 249 g/mol. The van der Waals surface area contributed by atoms with E-state index in [0.717, 1.165) is 0 Å². The highest BCUT2D eigenvalue weighted by Gasteiger charge is 2.13. The van der Waals surface area contributed by atoms with Gasteiger partial charge in [-0.3, -0.25) is 10.1 Å². The van der Waals surface area contributed by atoms with Gasteiger partial charge < -0.3 is 9.05 Å². The monoisotopic (exact) mass is 261 g/mol. The van der Waals surface area contributed by atoms with Gasteiger partial charge in [0.15, 0.2) is 0 Å². The molecule has 0 aliphatic rings. The zero-order valence-electron chi connectivity index (χ0n) is 8.95. The third-order valence-corrected chi connectivity index (χ3v) is 3.49. The van der Waals surface area contributed by atoms with Crippen molar-refractivity contribution in [2.75, 3.05) is 13.3 Å². The lowest BCUT2D eigenvalue weighted by molar-refractivity contribution is -0.384. The fraction of sp³-hybridized carbons (Fsp3) is 0.333. The van der Waals surface area contributed by atoms with Crippen LogP contribution in [0.3, 0.4) is 0 Å². The highest BCUT2D eigenvalue weighted by molar-refractivity contribution is 8.09. The van der Waals surface area contributed by atoms with E-state index in [1.807, 2.05) is 6.92 Å². The summed E-state index contributed by atoms with van der Waals surface area (Å²) in [4.78, 5) is 9.96. The van der Waals surface area contributed by atoms with Crippen molar-refractivity contribution < 1.29 is 14.0 Å².